The van der Waals surface area contributed by atoms with E-state index in [1.165, 1.54) is 0 Å². The van der Waals surface area contributed by atoms with Gasteiger partial charge >= 0.3 is 0 Å². The van der Waals surface area contributed by atoms with Crippen molar-refractivity contribution in [2.45, 2.75) is 25.8 Å². The molecule has 6 nitrogen and oxygen atoms in total. The molecule has 3 rings (SSSR count). The smallest absolute Gasteiger partial charge is 0.239 e. The second kappa shape index (κ2) is 7.49. The molecule has 1 aliphatic rings. The van der Waals surface area contributed by atoms with Gasteiger partial charge in [0, 0.05) is 18.8 Å². The van der Waals surface area contributed by atoms with Crippen LogP contribution in [-0.2, 0) is 4.79 Å². The third-order valence-electron chi connectivity index (χ3n) is 4.33. The van der Waals surface area contributed by atoms with Crippen LogP contribution < -0.4 is 10.1 Å². The Morgan fingerprint density at radius 3 is 3.08 bits per heavy atom. The number of carbonyl (C=O) groups excluding carboxylic acids is 1. The molecule has 24 heavy (non-hydrogen) atoms. The maximum atomic E-state index is 12.2. The van der Waals surface area contributed by atoms with Gasteiger partial charge < -0.3 is 15.0 Å². The molecule has 0 unspecified atom stereocenters. The maximum Gasteiger partial charge on any atom is 0.239 e. The Labute approximate surface area is 142 Å². The first-order valence-corrected chi connectivity index (χ1v) is 8.28. The van der Waals surface area contributed by atoms with E-state index in [9.17, 15) is 4.79 Å². The minimum atomic E-state index is -0.0317. The van der Waals surface area contributed by atoms with Crippen LogP contribution in [0.2, 0.25) is 0 Å². The van der Waals surface area contributed by atoms with Crippen LogP contribution in [-0.4, -0.2) is 53.8 Å². The maximum absolute atomic E-state index is 12.2. The van der Waals surface area contributed by atoms with Gasteiger partial charge in [0.05, 0.1) is 18.3 Å². The third kappa shape index (κ3) is 3.76. The van der Waals surface area contributed by atoms with E-state index in [-0.39, 0.29) is 11.9 Å². The molecule has 1 aromatic carbocycles. The number of amides is 1. The fourth-order valence-corrected chi connectivity index (χ4v) is 2.91. The topological polar surface area (TPSA) is 70.2 Å². The molecule has 0 aliphatic carbocycles. The van der Waals surface area contributed by atoms with Crippen molar-refractivity contribution >= 4 is 5.91 Å². The van der Waals surface area contributed by atoms with Crippen LogP contribution in [0.4, 0.5) is 0 Å². The Kier molecular flexibility index (Phi) is 5.15. The average molecular weight is 327 g/mol. The van der Waals surface area contributed by atoms with E-state index in [4.69, 9.17) is 4.74 Å². The average Bonchev–Trinajstić information content (AvgIpc) is 3.26. The Morgan fingerprint density at radius 2 is 2.38 bits per heavy atom. The van der Waals surface area contributed by atoms with E-state index < -0.39 is 0 Å². The number of benzene rings is 1. The van der Waals surface area contributed by atoms with Gasteiger partial charge in [0.15, 0.2) is 0 Å². The molecule has 1 fully saturated rings. The summed E-state index contributed by atoms with van der Waals surface area (Å²) in [6, 6.07) is 8.74. The zero-order valence-corrected chi connectivity index (χ0v) is 14.1. The molecule has 0 spiro atoms. The molecule has 127 valence electrons. The Bertz CT molecular complexity index is 692. The zero-order chi connectivity index (χ0) is 16.9. The monoisotopic (exact) mass is 327 g/mol. The molecule has 1 saturated heterocycles. The summed E-state index contributed by atoms with van der Waals surface area (Å²) < 4.78 is 5.79. The molecule has 0 saturated carbocycles. The summed E-state index contributed by atoms with van der Waals surface area (Å²) in [7, 11) is 1.82. The second-order valence-electron chi connectivity index (χ2n) is 6.10. The first-order valence-electron chi connectivity index (χ1n) is 8.28. The number of nitrogens with zero attached hydrogens (tertiary/aromatic N) is 2. The molecule has 2 aromatic rings. The summed E-state index contributed by atoms with van der Waals surface area (Å²) >= 11 is 0. The Morgan fingerprint density at radius 1 is 1.50 bits per heavy atom. The molecule has 2 N–H and O–H groups in total. The van der Waals surface area contributed by atoms with Gasteiger partial charge in [-0.1, -0.05) is 0 Å². The van der Waals surface area contributed by atoms with Gasteiger partial charge in [-0.2, -0.15) is 5.10 Å². The van der Waals surface area contributed by atoms with Crippen LogP contribution in [0.5, 0.6) is 5.75 Å². The lowest BCUT2D eigenvalue weighted by Gasteiger charge is -2.21. The zero-order valence-electron chi connectivity index (χ0n) is 14.1. The van der Waals surface area contributed by atoms with Crippen molar-refractivity contribution in [1.29, 1.82) is 0 Å². The SMILES string of the molecule is Cc1n[nH]cc1-c1c[c]cc(OCCN(C)C(=O)[C@H]2CCCN2)c1. The van der Waals surface area contributed by atoms with Crippen molar-refractivity contribution in [2.24, 2.45) is 0 Å². The highest BCUT2D eigenvalue weighted by atomic mass is 16.5. The lowest BCUT2D eigenvalue weighted by Crippen LogP contribution is -2.43. The number of aromatic amines is 1. The first kappa shape index (κ1) is 16.5. The molecule has 1 aromatic heterocycles. The van der Waals surface area contributed by atoms with E-state index in [2.05, 4.69) is 21.6 Å². The number of nitrogens with one attached hydrogen (secondary N) is 2. The minimum Gasteiger partial charge on any atom is -0.492 e. The largest absolute Gasteiger partial charge is 0.492 e. The van der Waals surface area contributed by atoms with Crippen molar-refractivity contribution in [1.82, 2.24) is 20.4 Å². The van der Waals surface area contributed by atoms with Crippen LogP contribution in [0.3, 0.4) is 0 Å². The molecular formula is C18H23N4O2. The molecule has 2 heterocycles. The van der Waals surface area contributed by atoms with Gasteiger partial charge in [-0.05, 0) is 56.1 Å². The summed E-state index contributed by atoms with van der Waals surface area (Å²) in [6.45, 7) is 3.90. The van der Waals surface area contributed by atoms with Crippen molar-refractivity contribution in [3.63, 3.8) is 0 Å². The number of aryl methyl sites for hydroxylation is 1. The second-order valence-corrected chi connectivity index (χ2v) is 6.10. The summed E-state index contributed by atoms with van der Waals surface area (Å²) in [4.78, 5) is 14.0. The molecule has 1 atom stereocenters. The summed E-state index contributed by atoms with van der Waals surface area (Å²) in [5, 5.41) is 10.2. The molecule has 1 amide bonds. The number of aromatic nitrogens is 2. The van der Waals surface area contributed by atoms with E-state index in [0.717, 1.165) is 42.0 Å². The number of rotatable bonds is 6. The molecule has 0 bridgehead atoms. The van der Waals surface area contributed by atoms with Gasteiger partial charge in [-0.15, -0.1) is 0 Å². The van der Waals surface area contributed by atoms with E-state index in [1.54, 1.807) is 11.0 Å². The molecule has 6 heteroatoms. The van der Waals surface area contributed by atoms with Gasteiger partial charge in [0.2, 0.25) is 5.91 Å². The number of likely N-dealkylation sites (N-methyl/N-ethyl adjacent to an activating group) is 1. The predicted octanol–water partition coefficient (Wildman–Crippen LogP) is 1.77. The van der Waals surface area contributed by atoms with Crippen LogP contribution >= 0.6 is 0 Å². The molecule has 1 aliphatic heterocycles. The van der Waals surface area contributed by atoms with Crippen LogP contribution in [0.25, 0.3) is 11.1 Å². The van der Waals surface area contributed by atoms with Crippen LogP contribution in [0, 0.1) is 13.0 Å². The van der Waals surface area contributed by atoms with E-state index >= 15 is 0 Å². The number of carbonyl (C=O) groups is 1. The number of H-pyrrole nitrogens is 1. The van der Waals surface area contributed by atoms with Crippen molar-refractivity contribution < 1.29 is 9.53 Å². The van der Waals surface area contributed by atoms with Gasteiger partial charge in [-0.25, -0.2) is 0 Å². The molecule has 1 radical (unpaired) electrons. The summed E-state index contributed by atoms with van der Waals surface area (Å²) in [5.74, 6) is 0.887. The number of hydrogen-bond acceptors (Lipinski definition) is 4. The highest BCUT2D eigenvalue weighted by Crippen LogP contribution is 2.25. The normalized spacial score (nSPS) is 17.0. The quantitative estimate of drug-likeness (QED) is 0.848. The van der Waals surface area contributed by atoms with Gasteiger partial charge in [0.25, 0.3) is 0 Å². The van der Waals surface area contributed by atoms with Crippen molar-refractivity contribution in [3.8, 4) is 16.9 Å². The standard InChI is InChI=1S/C18H23N4O2/c1-13-16(12-20-21-13)14-5-3-6-15(11-14)24-10-9-22(2)18(23)17-7-4-8-19-17/h5-6,11-12,17,19H,4,7-10H2,1-2H3,(H,20,21)/t17-/m1/s1. The fraction of sp³-hybridized carbons (Fsp3) is 0.444. The minimum absolute atomic E-state index is 0.0317. The lowest BCUT2D eigenvalue weighted by molar-refractivity contribution is -0.132. The number of ether oxygens (including phenoxy) is 1. The highest BCUT2D eigenvalue weighted by molar-refractivity contribution is 5.81. The van der Waals surface area contributed by atoms with Crippen molar-refractivity contribution in [3.05, 3.63) is 36.2 Å². The molecular weight excluding hydrogens is 304 g/mol. The van der Waals surface area contributed by atoms with Crippen molar-refractivity contribution in [2.75, 3.05) is 26.7 Å². The van der Waals surface area contributed by atoms with Crippen LogP contribution in [0.1, 0.15) is 18.5 Å². The third-order valence-corrected chi connectivity index (χ3v) is 4.33. The van der Waals surface area contributed by atoms with E-state index in [1.807, 2.05) is 32.3 Å². The Hall–Kier alpha value is -2.34. The van der Waals surface area contributed by atoms with E-state index in [0.29, 0.717) is 13.2 Å². The lowest BCUT2D eigenvalue weighted by atomic mass is 10.1. The van der Waals surface area contributed by atoms with Gasteiger partial charge in [0.1, 0.15) is 12.4 Å². The van der Waals surface area contributed by atoms with Crippen LogP contribution in [0.15, 0.2) is 24.4 Å². The first-order chi connectivity index (χ1) is 11.6. The summed E-state index contributed by atoms with van der Waals surface area (Å²) in [5.41, 5.74) is 2.99. The Balaban J connectivity index is 1.53. The predicted molar refractivity (Wildman–Crippen MR) is 91.8 cm³/mol. The number of hydrogen-bond donors (Lipinski definition) is 2. The highest BCUT2D eigenvalue weighted by Gasteiger charge is 2.24. The summed E-state index contributed by atoms with van der Waals surface area (Å²) in [6.07, 6.45) is 3.85. The fourth-order valence-electron chi connectivity index (χ4n) is 2.91. The van der Waals surface area contributed by atoms with Gasteiger partial charge in [-0.3, -0.25) is 9.89 Å².